The standard InChI is InChI=1S/C25H14BrCl5N2O4/c1-9-3-5-11(8-13(9)27)32-21(10-4-6-14(37-2)12(26)7-10)22(25(32)36)33-23(34)15-16(24(33)35)18(29)20(31)19(30)17(15)28/h3-8,21-22H,1-2H3/t21-,22+/m0/s1. The maximum atomic E-state index is 13.7. The van der Waals surface area contributed by atoms with Gasteiger partial charge in [-0.2, -0.15) is 0 Å². The van der Waals surface area contributed by atoms with E-state index < -0.39 is 29.8 Å². The van der Waals surface area contributed by atoms with Crippen LogP contribution < -0.4 is 9.64 Å². The zero-order valence-corrected chi connectivity index (χ0v) is 24.3. The Balaban J connectivity index is 1.65. The highest BCUT2D eigenvalue weighted by molar-refractivity contribution is 9.10. The number of ether oxygens (including phenoxy) is 1. The minimum atomic E-state index is -1.20. The summed E-state index contributed by atoms with van der Waals surface area (Å²) in [6.45, 7) is 1.84. The fraction of sp³-hybridized carbons (Fsp3) is 0.160. The Morgan fingerprint density at radius 1 is 0.784 bits per heavy atom. The van der Waals surface area contributed by atoms with Gasteiger partial charge < -0.3 is 9.64 Å². The van der Waals surface area contributed by atoms with Gasteiger partial charge in [-0.15, -0.1) is 0 Å². The summed E-state index contributed by atoms with van der Waals surface area (Å²) in [4.78, 5) is 43.1. The number of benzene rings is 3. The van der Waals surface area contributed by atoms with Crippen LogP contribution in [0.5, 0.6) is 5.75 Å². The molecular weight excluding hydrogens is 649 g/mol. The molecule has 190 valence electrons. The molecule has 0 aliphatic carbocycles. The lowest BCUT2D eigenvalue weighted by atomic mass is 9.86. The lowest BCUT2D eigenvalue weighted by molar-refractivity contribution is -0.130. The first-order valence-electron chi connectivity index (χ1n) is 10.7. The molecule has 0 spiro atoms. The molecule has 0 saturated carbocycles. The van der Waals surface area contributed by atoms with E-state index >= 15 is 0 Å². The second-order valence-electron chi connectivity index (χ2n) is 8.41. The van der Waals surface area contributed by atoms with Crippen molar-refractivity contribution in [3.05, 3.63) is 88.2 Å². The molecule has 2 atom stereocenters. The van der Waals surface area contributed by atoms with Gasteiger partial charge in [0.2, 0.25) is 0 Å². The third-order valence-electron chi connectivity index (χ3n) is 6.43. The van der Waals surface area contributed by atoms with E-state index in [9.17, 15) is 14.4 Å². The van der Waals surface area contributed by atoms with Gasteiger partial charge in [-0.3, -0.25) is 19.3 Å². The van der Waals surface area contributed by atoms with E-state index in [0.29, 0.717) is 26.5 Å². The molecule has 6 nitrogen and oxygen atoms in total. The Morgan fingerprint density at radius 3 is 1.89 bits per heavy atom. The summed E-state index contributed by atoms with van der Waals surface area (Å²) in [6, 6.07) is 8.47. The van der Waals surface area contributed by atoms with Gasteiger partial charge in [-0.25, -0.2) is 0 Å². The number of β-lactam (4-membered cyclic amide) rings is 1. The zero-order chi connectivity index (χ0) is 26.9. The van der Waals surface area contributed by atoms with Crippen LogP contribution in [0.1, 0.15) is 37.9 Å². The smallest absolute Gasteiger partial charge is 0.264 e. The van der Waals surface area contributed by atoms with Crippen LogP contribution >= 0.6 is 73.9 Å². The molecule has 2 heterocycles. The molecule has 0 radical (unpaired) electrons. The van der Waals surface area contributed by atoms with Gasteiger partial charge in [-0.05, 0) is 58.2 Å². The van der Waals surface area contributed by atoms with E-state index in [1.54, 1.807) is 36.4 Å². The van der Waals surface area contributed by atoms with Crippen molar-refractivity contribution < 1.29 is 19.1 Å². The first kappa shape index (κ1) is 26.6. The number of hydrogen-bond acceptors (Lipinski definition) is 4. The van der Waals surface area contributed by atoms with Gasteiger partial charge in [0, 0.05) is 10.7 Å². The van der Waals surface area contributed by atoms with Crippen molar-refractivity contribution in [1.82, 2.24) is 4.90 Å². The van der Waals surface area contributed by atoms with Crippen LogP contribution in [0.3, 0.4) is 0 Å². The first-order chi connectivity index (χ1) is 17.5. The summed E-state index contributed by atoms with van der Waals surface area (Å²) in [6.07, 6.45) is 0. The van der Waals surface area contributed by atoms with Crippen molar-refractivity contribution in [2.45, 2.75) is 19.0 Å². The van der Waals surface area contributed by atoms with E-state index in [1.807, 2.05) is 6.92 Å². The number of carbonyl (C=O) groups excluding carboxylic acids is 3. The fourth-order valence-corrected chi connectivity index (χ4v) is 6.31. The van der Waals surface area contributed by atoms with Crippen molar-refractivity contribution in [3.63, 3.8) is 0 Å². The molecule has 0 bridgehead atoms. The summed E-state index contributed by atoms with van der Waals surface area (Å²) < 4.78 is 5.95. The molecule has 5 rings (SSSR count). The molecule has 1 fully saturated rings. The van der Waals surface area contributed by atoms with E-state index in [1.165, 1.54) is 12.0 Å². The molecule has 2 aliphatic rings. The van der Waals surface area contributed by atoms with Crippen LogP contribution in [0.25, 0.3) is 0 Å². The number of carbonyl (C=O) groups is 3. The fourth-order valence-electron chi connectivity index (χ4n) is 4.56. The Labute approximate surface area is 245 Å². The number of anilines is 1. The number of hydrogen-bond donors (Lipinski definition) is 0. The molecule has 12 heteroatoms. The maximum absolute atomic E-state index is 13.7. The minimum Gasteiger partial charge on any atom is -0.496 e. The van der Waals surface area contributed by atoms with Gasteiger partial charge in [-0.1, -0.05) is 70.1 Å². The summed E-state index contributed by atoms with van der Waals surface area (Å²) in [5.74, 6) is -1.50. The SMILES string of the molecule is COc1ccc([C@H]2[C@@H](N3C(=O)c4c(Cl)c(Cl)c(Cl)c(Cl)c4C3=O)C(=O)N2c2ccc(C)c(Cl)c2)cc1Br. The van der Waals surface area contributed by atoms with Crippen molar-refractivity contribution in [2.24, 2.45) is 0 Å². The molecule has 3 aromatic rings. The number of methoxy groups -OCH3 is 1. The highest BCUT2D eigenvalue weighted by atomic mass is 79.9. The summed E-state index contributed by atoms with van der Waals surface area (Å²) in [5, 5.41) is -0.246. The molecular formula is C25H14BrCl5N2O4. The monoisotopic (exact) mass is 660 g/mol. The highest BCUT2D eigenvalue weighted by Gasteiger charge is 2.58. The van der Waals surface area contributed by atoms with E-state index in [0.717, 1.165) is 10.5 Å². The molecule has 3 amide bonds. The van der Waals surface area contributed by atoms with E-state index in [4.69, 9.17) is 62.7 Å². The number of amides is 3. The Bertz CT molecular complexity index is 1500. The van der Waals surface area contributed by atoms with Crippen LogP contribution in [-0.4, -0.2) is 35.8 Å². The van der Waals surface area contributed by atoms with Crippen LogP contribution in [-0.2, 0) is 4.79 Å². The molecule has 1 saturated heterocycles. The third-order valence-corrected chi connectivity index (χ3v) is 9.26. The van der Waals surface area contributed by atoms with Crippen molar-refractivity contribution >= 4 is 97.3 Å². The second kappa shape index (κ2) is 9.63. The van der Waals surface area contributed by atoms with Gasteiger partial charge in [0.15, 0.2) is 0 Å². The average Bonchev–Trinajstić information content (AvgIpc) is 3.12. The summed E-state index contributed by atoms with van der Waals surface area (Å²) >= 11 is 34.7. The average molecular weight is 664 g/mol. The van der Waals surface area contributed by atoms with Gasteiger partial charge in [0.05, 0.1) is 48.8 Å². The zero-order valence-electron chi connectivity index (χ0n) is 18.9. The van der Waals surface area contributed by atoms with Crippen molar-refractivity contribution in [2.75, 3.05) is 12.0 Å². The Morgan fingerprint density at radius 2 is 1.38 bits per heavy atom. The van der Waals surface area contributed by atoms with Gasteiger partial charge >= 0.3 is 0 Å². The molecule has 2 aliphatic heterocycles. The number of halogens is 6. The molecule has 3 aromatic carbocycles. The van der Waals surface area contributed by atoms with E-state index in [-0.39, 0.29) is 31.2 Å². The lowest BCUT2D eigenvalue weighted by Gasteiger charge is -2.50. The quantitative estimate of drug-likeness (QED) is 0.124. The van der Waals surface area contributed by atoms with Gasteiger partial charge in [0.1, 0.15) is 11.8 Å². The summed E-state index contributed by atoms with van der Waals surface area (Å²) in [5.41, 5.74) is 1.60. The topological polar surface area (TPSA) is 66.9 Å². The van der Waals surface area contributed by atoms with E-state index in [2.05, 4.69) is 15.9 Å². The van der Waals surface area contributed by atoms with Crippen LogP contribution in [0.4, 0.5) is 5.69 Å². The number of aryl methyl sites for hydroxylation is 1. The Hall–Kier alpha value is -2.00. The normalized spacial score (nSPS) is 18.9. The van der Waals surface area contributed by atoms with Crippen LogP contribution in [0, 0.1) is 6.92 Å². The lowest BCUT2D eigenvalue weighted by Crippen LogP contribution is -2.67. The second-order valence-corrected chi connectivity index (χ2v) is 11.2. The van der Waals surface area contributed by atoms with Crippen LogP contribution in [0.2, 0.25) is 25.1 Å². The molecule has 37 heavy (non-hydrogen) atoms. The largest absolute Gasteiger partial charge is 0.496 e. The number of fused-ring (bicyclic) bond motifs is 1. The predicted molar refractivity (Wildman–Crippen MR) is 148 cm³/mol. The summed E-state index contributed by atoms with van der Waals surface area (Å²) in [7, 11) is 1.53. The highest BCUT2D eigenvalue weighted by Crippen LogP contribution is 2.50. The molecule has 0 N–H and O–H groups in total. The molecule has 0 unspecified atom stereocenters. The predicted octanol–water partition coefficient (Wildman–Crippen LogP) is 7.79. The number of imide groups is 1. The Kier molecular flexibility index (Phi) is 6.92. The number of rotatable bonds is 4. The first-order valence-corrected chi connectivity index (χ1v) is 13.3. The molecule has 0 aromatic heterocycles. The van der Waals surface area contributed by atoms with Crippen molar-refractivity contribution in [3.8, 4) is 5.75 Å². The van der Waals surface area contributed by atoms with Crippen molar-refractivity contribution in [1.29, 1.82) is 0 Å². The minimum absolute atomic E-state index is 0.151. The number of nitrogens with zero attached hydrogens (tertiary/aromatic N) is 2. The maximum Gasteiger partial charge on any atom is 0.264 e. The third kappa shape index (κ3) is 3.94. The van der Waals surface area contributed by atoms with Crippen LogP contribution in [0.15, 0.2) is 40.9 Å². The van der Waals surface area contributed by atoms with Gasteiger partial charge in [0.25, 0.3) is 17.7 Å².